The summed E-state index contributed by atoms with van der Waals surface area (Å²) in [5, 5.41) is 0. The van der Waals surface area contributed by atoms with Crippen molar-refractivity contribution in [1.29, 1.82) is 0 Å². The molecule has 5 heteroatoms. The molecule has 0 amide bonds. The first-order valence-corrected chi connectivity index (χ1v) is 8.23. The Morgan fingerprint density at radius 1 is 1.05 bits per heavy atom. The summed E-state index contributed by atoms with van der Waals surface area (Å²) in [6.45, 7) is 0.776. The maximum atomic E-state index is 6.08. The highest BCUT2D eigenvalue weighted by Gasteiger charge is 2.41. The monoisotopic (exact) mass is 280 g/mol. The number of hydrogen-bond acceptors (Lipinski definition) is 5. The highest BCUT2D eigenvalue weighted by atomic mass is 32.1. The molecule has 4 nitrogen and oxygen atoms in total. The van der Waals surface area contributed by atoms with Crippen LogP contribution in [0, 0.1) is 17.8 Å². The molecule has 0 spiro atoms. The van der Waals surface area contributed by atoms with Crippen LogP contribution >= 0.6 is 11.7 Å². The topological polar surface area (TPSA) is 44.2 Å². The van der Waals surface area contributed by atoms with Gasteiger partial charge in [-0.3, -0.25) is 0 Å². The fraction of sp³-hybridized carbons (Fsp3) is 0.857. The lowest BCUT2D eigenvalue weighted by Crippen LogP contribution is -2.24. The Bertz CT molecular complexity index is 446. The van der Waals surface area contributed by atoms with E-state index in [1.807, 2.05) is 0 Å². The maximum Gasteiger partial charge on any atom is 0.291 e. The first-order chi connectivity index (χ1) is 9.38. The molecule has 3 aliphatic carbocycles. The molecule has 3 aliphatic rings. The molecule has 0 saturated heterocycles. The number of fused-ring (bicyclic) bond motifs is 2. The van der Waals surface area contributed by atoms with Gasteiger partial charge in [0.2, 0.25) is 0 Å². The van der Waals surface area contributed by atoms with Crippen molar-refractivity contribution in [3.05, 3.63) is 0 Å². The summed E-state index contributed by atoms with van der Waals surface area (Å²) >= 11 is 1.20. The number of hydrogen-bond donors (Lipinski definition) is 0. The summed E-state index contributed by atoms with van der Waals surface area (Å²) in [5.74, 6) is 3.62. The summed E-state index contributed by atoms with van der Waals surface area (Å²) in [6, 6.07) is 0. The number of ether oxygens (including phenoxy) is 2. The van der Waals surface area contributed by atoms with Crippen molar-refractivity contribution < 1.29 is 9.47 Å². The molecule has 0 radical (unpaired) electrons. The first kappa shape index (κ1) is 11.9. The Morgan fingerprint density at radius 2 is 1.95 bits per heavy atom. The van der Waals surface area contributed by atoms with Crippen LogP contribution in [0.15, 0.2) is 0 Å². The summed E-state index contributed by atoms with van der Waals surface area (Å²) in [5.41, 5.74) is 0. The largest absolute Gasteiger partial charge is 0.473 e. The van der Waals surface area contributed by atoms with Crippen LogP contribution in [0.2, 0.25) is 0 Å². The molecule has 3 saturated carbocycles. The first-order valence-electron chi connectivity index (χ1n) is 7.50. The fourth-order valence-electron chi connectivity index (χ4n) is 3.66. The predicted molar refractivity (Wildman–Crippen MR) is 72.6 cm³/mol. The molecule has 19 heavy (non-hydrogen) atoms. The van der Waals surface area contributed by atoms with Gasteiger partial charge in [-0.2, -0.15) is 0 Å². The van der Waals surface area contributed by atoms with E-state index in [0.717, 1.165) is 24.4 Å². The third-order valence-corrected chi connectivity index (χ3v) is 5.54. The van der Waals surface area contributed by atoms with Crippen LogP contribution in [-0.4, -0.2) is 21.5 Å². The molecule has 3 fully saturated rings. The minimum absolute atomic E-state index is 0.355. The number of nitrogens with zero attached hydrogens (tertiary/aromatic N) is 2. The van der Waals surface area contributed by atoms with Crippen LogP contribution in [0.1, 0.15) is 44.9 Å². The van der Waals surface area contributed by atoms with Gasteiger partial charge in [-0.25, -0.2) is 0 Å². The van der Waals surface area contributed by atoms with Gasteiger partial charge in [0, 0.05) is 0 Å². The quantitative estimate of drug-likeness (QED) is 0.830. The zero-order valence-electron chi connectivity index (χ0n) is 11.1. The second kappa shape index (κ2) is 4.93. The van der Waals surface area contributed by atoms with Gasteiger partial charge in [-0.05, 0) is 56.3 Å². The Kier molecular flexibility index (Phi) is 3.10. The van der Waals surface area contributed by atoms with Gasteiger partial charge in [0.15, 0.2) is 0 Å². The lowest BCUT2D eigenvalue weighted by molar-refractivity contribution is 0.119. The average molecular weight is 280 g/mol. The van der Waals surface area contributed by atoms with Gasteiger partial charge in [-0.1, -0.05) is 6.42 Å². The number of aromatic nitrogens is 2. The van der Waals surface area contributed by atoms with Crippen LogP contribution < -0.4 is 9.47 Å². The summed E-state index contributed by atoms with van der Waals surface area (Å²) < 4.78 is 20.4. The molecule has 3 atom stereocenters. The van der Waals surface area contributed by atoms with E-state index in [-0.39, 0.29) is 0 Å². The van der Waals surface area contributed by atoms with Gasteiger partial charge in [0.25, 0.3) is 11.8 Å². The lowest BCUT2D eigenvalue weighted by atomic mass is 9.86. The smallest absolute Gasteiger partial charge is 0.291 e. The van der Waals surface area contributed by atoms with Crippen molar-refractivity contribution in [2.24, 2.45) is 17.8 Å². The van der Waals surface area contributed by atoms with Crippen LogP contribution in [0.4, 0.5) is 0 Å². The number of rotatable bonds is 5. The van der Waals surface area contributed by atoms with Crippen LogP contribution in [0.3, 0.4) is 0 Å². The van der Waals surface area contributed by atoms with Crippen molar-refractivity contribution in [1.82, 2.24) is 8.75 Å². The molecule has 4 rings (SSSR count). The molecular formula is C14H20N2O2S. The van der Waals surface area contributed by atoms with E-state index in [0.29, 0.717) is 17.9 Å². The van der Waals surface area contributed by atoms with Crippen molar-refractivity contribution in [3.8, 4) is 11.8 Å². The van der Waals surface area contributed by atoms with E-state index in [1.165, 1.54) is 56.7 Å². The van der Waals surface area contributed by atoms with E-state index in [9.17, 15) is 0 Å². The molecule has 0 N–H and O–H groups in total. The van der Waals surface area contributed by atoms with Gasteiger partial charge >= 0.3 is 0 Å². The van der Waals surface area contributed by atoms with E-state index in [4.69, 9.17) is 9.47 Å². The Hall–Kier alpha value is -0.840. The summed E-state index contributed by atoms with van der Waals surface area (Å²) in [4.78, 5) is 0. The molecule has 0 aliphatic heterocycles. The molecule has 0 unspecified atom stereocenters. The summed E-state index contributed by atoms with van der Waals surface area (Å²) in [6.07, 6.45) is 9.55. The third kappa shape index (κ3) is 2.33. The van der Waals surface area contributed by atoms with Gasteiger partial charge in [0.05, 0.1) is 18.3 Å². The van der Waals surface area contributed by atoms with E-state index < -0.39 is 0 Å². The van der Waals surface area contributed by atoms with Gasteiger partial charge in [-0.15, -0.1) is 8.75 Å². The van der Waals surface area contributed by atoms with Crippen molar-refractivity contribution in [3.63, 3.8) is 0 Å². The summed E-state index contributed by atoms with van der Waals surface area (Å²) in [7, 11) is 0. The highest BCUT2D eigenvalue weighted by molar-refractivity contribution is 6.99. The highest BCUT2D eigenvalue weighted by Crippen LogP contribution is 2.46. The Balaban J connectivity index is 1.36. The standard InChI is InChI=1S/C14H20N2O2S/c1-2-9(3-1)8-17-13-14(16-19-15-13)18-12-7-10-4-5-11(12)6-10/h9-12H,1-8H2/t10-,11+,12+/m0/s1. The Morgan fingerprint density at radius 3 is 2.63 bits per heavy atom. The molecule has 1 aromatic heterocycles. The van der Waals surface area contributed by atoms with Crippen LogP contribution in [0.5, 0.6) is 11.8 Å². The molecule has 0 aromatic carbocycles. The fourth-order valence-corrected chi connectivity index (χ4v) is 4.10. The molecule has 1 aromatic rings. The van der Waals surface area contributed by atoms with Crippen LogP contribution in [0.25, 0.3) is 0 Å². The molecule has 2 bridgehead atoms. The maximum absolute atomic E-state index is 6.08. The van der Waals surface area contributed by atoms with Crippen LogP contribution in [-0.2, 0) is 0 Å². The Labute approximate surface area is 117 Å². The van der Waals surface area contributed by atoms with E-state index >= 15 is 0 Å². The zero-order chi connectivity index (χ0) is 12.7. The zero-order valence-corrected chi connectivity index (χ0v) is 11.9. The predicted octanol–water partition coefficient (Wildman–Crippen LogP) is 3.28. The van der Waals surface area contributed by atoms with Gasteiger partial charge < -0.3 is 9.47 Å². The normalized spacial score (nSPS) is 33.4. The van der Waals surface area contributed by atoms with Crippen molar-refractivity contribution in [2.75, 3.05) is 6.61 Å². The van der Waals surface area contributed by atoms with Crippen molar-refractivity contribution in [2.45, 2.75) is 51.0 Å². The average Bonchev–Trinajstić information content (AvgIpc) is 3.04. The minimum atomic E-state index is 0.355. The third-order valence-electron chi connectivity index (χ3n) is 5.05. The molecule has 104 valence electrons. The van der Waals surface area contributed by atoms with E-state index in [1.54, 1.807) is 0 Å². The van der Waals surface area contributed by atoms with E-state index in [2.05, 4.69) is 8.75 Å². The molecule has 1 heterocycles. The second-order valence-corrected chi connectivity index (χ2v) is 6.84. The van der Waals surface area contributed by atoms with Crippen molar-refractivity contribution >= 4 is 11.7 Å². The minimum Gasteiger partial charge on any atom is -0.473 e. The lowest BCUT2D eigenvalue weighted by Gasteiger charge is -2.25. The van der Waals surface area contributed by atoms with Gasteiger partial charge in [0.1, 0.15) is 6.10 Å². The molecular weight excluding hydrogens is 260 g/mol. The second-order valence-electron chi connectivity index (χ2n) is 6.31. The SMILES string of the molecule is C1CC(COc2nsnc2O[C@@H]2C[C@H]3CC[C@@H]2C3)C1.